The number of allylic oxidation sites excluding steroid dienone is 1. The van der Waals surface area contributed by atoms with E-state index in [2.05, 4.69) is 16.9 Å². The van der Waals surface area contributed by atoms with Crippen LogP contribution in [-0.2, 0) is 20.9 Å². The summed E-state index contributed by atoms with van der Waals surface area (Å²) in [6, 6.07) is 13.4. The highest BCUT2D eigenvalue weighted by Crippen LogP contribution is 2.45. The van der Waals surface area contributed by atoms with E-state index in [0.717, 1.165) is 22.4 Å². The van der Waals surface area contributed by atoms with Gasteiger partial charge in [0.2, 0.25) is 5.91 Å². The zero-order chi connectivity index (χ0) is 24.9. The van der Waals surface area contributed by atoms with Crippen LogP contribution in [0.3, 0.4) is 0 Å². The molecule has 0 unspecified atom stereocenters. The molecule has 0 aliphatic carbocycles. The molecule has 2 aromatic carbocycles. The molecule has 0 fully saturated rings. The van der Waals surface area contributed by atoms with E-state index >= 15 is 0 Å². The highest BCUT2D eigenvalue weighted by atomic mass is 32.2. The van der Waals surface area contributed by atoms with Crippen LogP contribution in [0, 0.1) is 12.7 Å². The predicted molar refractivity (Wildman–Crippen MR) is 136 cm³/mol. The van der Waals surface area contributed by atoms with Gasteiger partial charge in [-0.25, -0.2) is 14.2 Å². The minimum Gasteiger partial charge on any atom is -0.458 e. The van der Waals surface area contributed by atoms with Gasteiger partial charge in [0.15, 0.2) is 5.17 Å². The Balaban J connectivity index is 1.60. The Kier molecular flexibility index (Phi) is 7.51. The van der Waals surface area contributed by atoms with Crippen LogP contribution >= 0.6 is 11.8 Å². The normalized spacial score (nSPS) is 16.9. The number of aliphatic imine (C=N–C) groups is 1. The fourth-order valence-electron chi connectivity index (χ4n) is 4.06. The maximum Gasteiger partial charge on any atom is 0.338 e. The molecular formula is C27H26FN3O3S. The number of nitrogens with zero attached hydrogens (tertiary/aromatic N) is 2. The maximum absolute atomic E-state index is 13.1. The number of benzene rings is 2. The van der Waals surface area contributed by atoms with E-state index in [1.54, 1.807) is 19.1 Å². The number of halogens is 1. The Morgan fingerprint density at radius 1 is 1.20 bits per heavy atom. The van der Waals surface area contributed by atoms with Gasteiger partial charge in [0.1, 0.15) is 12.4 Å². The number of carbonyl (C=O) groups is 2. The van der Waals surface area contributed by atoms with Gasteiger partial charge in [-0.3, -0.25) is 4.79 Å². The second-order valence-electron chi connectivity index (χ2n) is 8.22. The molecule has 180 valence electrons. The summed E-state index contributed by atoms with van der Waals surface area (Å²) >= 11 is 1.42. The van der Waals surface area contributed by atoms with E-state index in [1.165, 1.54) is 30.0 Å². The summed E-state index contributed by atoms with van der Waals surface area (Å²) in [7, 11) is 0. The number of thioether (sulfide) groups is 1. The van der Waals surface area contributed by atoms with E-state index < -0.39 is 12.0 Å². The summed E-state index contributed by atoms with van der Waals surface area (Å²) in [5.41, 5.74) is 4.51. The lowest BCUT2D eigenvalue weighted by Gasteiger charge is -2.37. The van der Waals surface area contributed by atoms with E-state index in [4.69, 9.17) is 4.74 Å². The van der Waals surface area contributed by atoms with Gasteiger partial charge >= 0.3 is 5.97 Å². The summed E-state index contributed by atoms with van der Waals surface area (Å²) in [6.45, 7) is 7.80. The third kappa shape index (κ3) is 5.38. The van der Waals surface area contributed by atoms with Crippen molar-refractivity contribution in [1.29, 1.82) is 0 Å². The van der Waals surface area contributed by atoms with E-state index in [-0.39, 0.29) is 24.8 Å². The fraction of sp³-hybridized carbons (Fsp3) is 0.222. The molecule has 0 spiro atoms. The number of hydrogen-bond acceptors (Lipinski definition) is 6. The number of ether oxygens (including phenoxy) is 1. The van der Waals surface area contributed by atoms with Crippen molar-refractivity contribution in [2.24, 2.45) is 4.99 Å². The lowest BCUT2D eigenvalue weighted by molar-refractivity contribution is -0.138. The van der Waals surface area contributed by atoms with Crippen molar-refractivity contribution in [3.8, 4) is 0 Å². The Morgan fingerprint density at radius 3 is 2.66 bits per heavy atom. The molecule has 1 atom stereocenters. The number of fused-ring (bicyclic) bond motifs is 1. The average molecular weight is 492 g/mol. The van der Waals surface area contributed by atoms with Crippen LogP contribution in [0.4, 0.5) is 4.39 Å². The first-order chi connectivity index (χ1) is 16.9. The van der Waals surface area contributed by atoms with Crippen LogP contribution in [-0.4, -0.2) is 28.6 Å². The van der Waals surface area contributed by atoms with Gasteiger partial charge < -0.3 is 15.0 Å². The van der Waals surface area contributed by atoms with Crippen LogP contribution in [0.25, 0.3) is 0 Å². The average Bonchev–Trinajstić information content (AvgIpc) is 3.23. The third-order valence-electron chi connectivity index (χ3n) is 5.78. The Morgan fingerprint density at radius 2 is 1.94 bits per heavy atom. The van der Waals surface area contributed by atoms with E-state index in [0.29, 0.717) is 23.0 Å². The van der Waals surface area contributed by atoms with Gasteiger partial charge in [0, 0.05) is 12.2 Å². The van der Waals surface area contributed by atoms with Gasteiger partial charge in [-0.05, 0) is 48.1 Å². The molecule has 2 aliphatic rings. The smallest absolute Gasteiger partial charge is 0.338 e. The van der Waals surface area contributed by atoms with Crippen LogP contribution in [0.2, 0.25) is 0 Å². The molecule has 35 heavy (non-hydrogen) atoms. The fourth-order valence-corrected chi connectivity index (χ4v) is 5.03. The van der Waals surface area contributed by atoms with Crippen molar-refractivity contribution in [1.82, 2.24) is 10.2 Å². The number of hydrogen-bond donors (Lipinski definition) is 1. The van der Waals surface area contributed by atoms with Gasteiger partial charge in [-0.15, -0.1) is 0 Å². The van der Waals surface area contributed by atoms with Crippen molar-refractivity contribution >= 4 is 28.8 Å². The largest absolute Gasteiger partial charge is 0.458 e. The van der Waals surface area contributed by atoms with Crippen LogP contribution in [0.15, 0.2) is 88.6 Å². The van der Waals surface area contributed by atoms with Gasteiger partial charge in [-0.1, -0.05) is 60.8 Å². The number of rotatable bonds is 8. The molecule has 0 radical (unpaired) electrons. The SMILES string of the molecule is C=CCOC(=O)C1=C(C)N=C2SC=C(CC(=O)NCc3ccc(F)cc3)N2[C@H]1c1ccccc1C. The van der Waals surface area contributed by atoms with Crippen molar-refractivity contribution in [2.75, 3.05) is 6.61 Å². The summed E-state index contributed by atoms with van der Waals surface area (Å²) in [4.78, 5) is 32.5. The first kappa shape index (κ1) is 24.5. The summed E-state index contributed by atoms with van der Waals surface area (Å²) in [5.74, 6) is -0.971. The standard InChI is InChI=1S/C27H26FN3O3S/c1-4-13-34-26(33)24-18(3)30-27-31(25(24)22-8-6-5-7-17(22)2)21(16-35-27)14-23(32)29-15-19-9-11-20(28)12-10-19/h4-12,16,25H,1,13-15H2,2-3H3,(H,29,32)/t25-/m0/s1. The second kappa shape index (κ2) is 10.7. The molecular weight excluding hydrogens is 465 g/mol. The number of carbonyl (C=O) groups excluding carboxylic acids is 2. The third-order valence-corrected chi connectivity index (χ3v) is 6.67. The molecule has 1 amide bonds. The number of nitrogens with one attached hydrogen (secondary N) is 1. The second-order valence-corrected chi connectivity index (χ2v) is 9.05. The van der Waals surface area contributed by atoms with Crippen LogP contribution in [0.1, 0.15) is 36.1 Å². The van der Waals surface area contributed by atoms with Gasteiger partial charge in [0.05, 0.1) is 23.7 Å². The lowest BCUT2D eigenvalue weighted by Crippen LogP contribution is -2.38. The topological polar surface area (TPSA) is 71.0 Å². The molecule has 0 saturated carbocycles. The number of aryl methyl sites for hydroxylation is 1. The molecule has 6 nitrogen and oxygen atoms in total. The zero-order valence-electron chi connectivity index (χ0n) is 19.6. The molecule has 2 aromatic rings. The highest BCUT2D eigenvalue weighted by molar-refractivity contribution is 8.16. The van der Waals surface area contributed by atoms with Crippen molar-refractivity contribution < 1.29 is 18.7 Å². The Labute approximate surface area is 208 Å². The quantitative estimate of drug-likeness (QED) is 0.409. The maximum atomic E-state index is 13.1. The minimum absolute atomic E-state index is 0.0932. The van der Waals surface area contributed by atoms with E-state index in [1.807, 2.05) is 41.5 Å². The molecule has 2 heterocycles. The molecule has 4 rings (SSSR count). The molecule has 0 saturated heterocycles. The van der Waals surface area contributed by atoms with Crippen LogP contribution < -0.4 is 5.32 Å². The number of amides is 1. The molecule has 2 aliphatic heterocycles. The van der Waals surface area contributed by atoms with Crippen molar-refractivity contribution in [3.05, 3.63) is 106 Å². The summed E-state index contributed by atoms with van der Waals surface area (Å²) in [5, 5.41) is 5.49. The highest BCUT2D eigenvalue weighted by Gasteiger charge is 2.41. The van der Waals surface area contributed by atoms with Crippen LogP contribution in [0.5, 0.6) is 0 Å². The molecule has 1 N–H and O–H groups in total. The first-order valence-corrected chi connectivity index (χ1v) is 12.1. The minimum atomic E-state index is -0.479. The first-order valence-electron chi connectivity index (χ1n) is 11.2. The zero-order valence-corrected chi connectivity index (χ0v) is 20.4. The van der Waals surface area contributed by atoms with Crippen molar-refractivity contribution in [2.45, 2.75) is 32.9 Å². The molecule has 0 bridgehead atoms. The summed E-state index contributed by atoms with van der Waals surface area (Å²) < 4.78 is 18.6. The molecule has 0 aromatic heterocycles. The van der Waals surface area contributed by atoms with Crippen molar-refractivity contribution in [3.63, 3.8) is 0 Å². The number of amidine groups is 1. The summed E-state index contributed by atoms with van der Waals surface area (Å²) in [6.07, 6.45) is 1.63. The molecule has 8 heteroatoms. The van der Waals surface area contributed by atoms with E-state index in [9.17, 15) is 14.0 Å². The van der Waals surface area contributed by atoms with Gasteiger partial charge in [0.25, 0.3) is 0 Å². The Bertz CT molecular complexity index is 1250. The number of esters is 1. The van der Waals surface area contributed by atoms with Gasteiger partial charge in [-0.2, -0.15) is 0 Å². The lowest BCUT2D eigenvalue weighted by atomic mass is 9.91. The predicted octanol–water partition coefficient (Wildman–Crippen LogP) is 5.14. The monoisotopic (exact) mass is 491 g/mol. The Hall–Kier alpha value is -3.65.